The van der Waals surface area contributed by atoms with Gasteiger partial charge >= 0.3 is 0 Å². The summed E-state index contributed by atoms with van der Waals surface area (Å²) in [5.41, 5.74) is 7.01. The topological polar surface area (TPSA) is 38.5 Å². The summed E-state index contributed by atoms with van der Waals surface area (Å²) >= 11 is 0. The van der Waals surface area contributed by atoms with E-state index in [9.17, 15) is 0 Å². The van der Waals surface area contributed by atoms with E-state index in [2.05, 4.69) is 18.7 Å². The van der Waals surface area contributed by atoms with Gasteiger partial charge in [-0.1, -0.05) is 13.8 Å². The zero-order valence-electron chi connectivity index (χ0n) is 13.1. The second kappa shape index (κ2) is 6.11. The summed E-state index contributed by atoms with van der Waals surface area (Å²) in [6.07, 6.45) is 9.21. The molecule has 2 aliphatic rings. The largest absolute Gasteiger partial charge is 0.381 e. The van der Waals surface area contributed by atoms with Gasteiger partial charge in [0.2, 0.25) is 0 Å². The van der Waals surface area contributed by atoms with Crippen molar-refractivity contribution in [2.24, 2.45) is 11.1 Å². The lowest BCUT2D eigenvalue weighted by molar-refractivity contribution is -0.00225. The smallest absolute Gasteiger partial charge is 0.0572 e. The van der Waals surface area contributed by atoms with E-state index < -0.39 is 0 Å². The molecule has 0 unspecified atom stereocenters. The summed E-state index contributed by atoms with van der Waals surface area (Å²) < 4.78 is 5.52. The predicted octanol–water partition coefficient (Wildman–Crippen LogP) is 2.79. The Morgan fingerprint density at radius 2 is 1.79 bits per heavy atom. The van der Waals surface area contributed by atoms with Crippen molar-refractivity contribution in [3.63, 3.8) is 0 Å². The van der Waals surface area contributed by atoms with Crippen LogP contribution in [0.1, 0.15) is 58.8 Å². The Balaban J connectivity index is 2.03. The van der Waals surface area contributed by atoms with Crippen LogP contribution in [0.15, 0.2) is 0 Å². The Labute approximate surface area is 118 Å². The maximum atomic E-state index is 6.19. The van der Waals surface area contributed by atoms with Crippen LogP contribution in [-0.2, 0) is 4.74 Å². The highest BCUT2D eigenvalue weighted by Crippen LogP contribution is 2.43. The number of hydrogen-bond donors (Lipinski definition) is 1. The summed E-state index contributed by atoms with van der Waals surface area (Å²) in [5, 5.41) is 0. The van der Waals surface area contributed by atoms with Crippen LogP contribution in [0.4, 0.5) is 0 Å². The maximum Gasteiger partial charge on any atom is 0.0572 e. The van der Waals surface area contributed by atoms with Crippen molar-refractivity contribution in [3.05, 3.63) is 0 Å². The minimum atomic E-state index is 0.265. The molecule has 0 aromatic rings. The van der Waals surface area contributed by atoms with Gasteiger partial charge in [-0.2, -0.15) is 0 Å². The molecule has 19 heavy (non-hydrogen) atoms. The van der Waals surface area contributed by atoms with Crippen molar-refractivity contribution in [2.45, 2.75) is 70.4 Å². The molecule has 0 aromatic carbocycles. The van der Waals surface area contributed by atoms with E-state index >= 15 is 0 Å². The first-order chi connectivity index (χ1) is 9.13. The molecule has 1 aliphatic carbocycles. The summed E-state index contributed by atoms with van der Waals surface area (Å²) in [6, 6.07) is 0. The molecule has 0 spiro atoms. The predicted molar refractivity (Wildman–Crippen MR) is 80.3 cm³/mol. The molecule has 0 aromatic heterocycles. The summed E-state index contributed by atoms with van der Waals surface area (Å²) in [4.78, 5) is 2.73. The fourth-order valence-electron chi connectivity index (χ4n) is 4.18. The lowest BCUT2D eigenvalue weighted by atomic mass is 9.78. The molecule has 0 radical (unpaired) electrons. The van der Waals surface area contributed by atoms with Gasteiger partial charge in [-0.3, -0.25) is 4.90 Å². The monoisotopic (exact) mass is 268 g/mol. The fraction of sp³-hybridized carbons (Fsp3) is 1.00. The summed E-state index contributed by atoms with van der Waals surface area (Å²) in [5.74, 6) is 0. The highest BCUT2D eigenvalue weighted by Gasteiger charge is 2.46. The third-order valence-corrected chi connectivity index (χ3v) is 6.19. The average Bonchev–Trinajstić information content (AvgIpc) is 2.93. The minimum Gasteiger partial charge on any atom is -0.381 e. The standard InChI is InChI=1S/C16H32N2O/c1-4-15(5-2)10-11-18(13-15)16(12-17)8-6-14(19-3)7-9-16/h14H,4-13,17H2,1-3H3. The zero-order chi connectivity index (χ0) is 13.9. The Hall–Kier alpha value is -0.120. The van der Waals surface area contributed by atoms with E-state index in [1.165, 1.54) is 58.0 Å². The number of methoxy groups -OCH3 is 1. The molecule has 112 valence electrons. The molecular weight excluding hydrogens is 236 g/mol. The molecule has 0 amide bonds. The summed E-state index contributed by atoms with van der Waals surface area (Å²) in [7, 11) is 1.84. The van der Waals surface area contributed by atoms with Gasteiger partial charge < -0.3 is 10.5 Å². The van der Waals surface area contributed by atoms with Crippen molar-refractivity contribution >= 4 is 0 Å². The second-order valence-corrected chi connectivity index (χ2v) is 6.74. The average molecular weight is 268 g/mol. The van der Waals surface area contributed by atoms with Crippen molar-refractivity contribution < 1.29 is 4.74 Å². The van der Waals surface area contributed by atoms with Gasteiger partial charge in [-0.05, 0) is 56.9 Å². The van der Waals surface area contributed by atoms with Gasteiger partial charge in [0.1, 0.15) is 0 Å². The second-order valence-electron chi connectivity index (χ2n) is 6.74. The van der Waals surface area contributed by atoms with Crippen molar-refractivity contribution in [2.75, 3.05) is 26.7 Å². The highest BCUT2D eigenvalue weighted by molar-refractivity contribution is 5.01. The molecule has 3 heteroatoms. The quantitative estimate of drug-likeness (QED) is 0.833. The van der Waals surface area contributed by atoms with Crippen LogP contribution in [0, 0.1) is 5.41 Å². The first-order valence-corrected chi connectivity index (χ1v) is 8.11. The normalized spacial score (nSPS) is 35.7. The number of likely N-dealkylation sites (tertiary alicyclic amines) is 1. The Kier molecular flexibility index (Phi) is 4.91. The Bertz CT molecular complexity index is 280. The number of nitrogens with zero attached hydrogens (tertiary/aromatic N) is 1. The van der Waals surface area contributed by atoms with E-state index in [-0.39, 0.29) is 5.54 Å². The molecule has 2 fully saturated rings. The molecule has 0 bridgehead atoms. The molecule has 1 saturated carbocycles. The van der Waals surface area contributed by atoms with Crippen LogP contribution < -0.4 is 5.73 Å². The van der Waals surface area contributed by atoms with Crippen LogP contribution in [0.3, 0.4) is 0 Å². The molecular formula is C16H32N2O. The van der Waals surface area contributed by atoms with Gasteiger partial charge in [0.15, 0.2) is 0 Å². The first kappa shape index (κ1) is 15.3. The third kappa shape index (κ3) is 2.84. The van der Waals surface area contributed by atoms with Crippen LogP contribution in [-0.4, -0.2) is 43.3 Å². The van der Waals surface area contributed by atoms with Crippen molar-refractivity contribution in [3.8, 4) is 0 Å². The molecule has 1 heterocycles. The first-order valence-electron chi connectivity index (χ1n) is 8.11. The Morgan fingerprint density at radius 1 is 1.16 bits per heavy atom. The number of rotatable bonds is 5. The van der Waals surface area contributed by atoms with Gasteiger partial charge in [0.05, 0.1) is 6.10 Å². The molecule has 3 nitrogen and oxygen atoms in total. The molecule has 1 saturated heterocycles. The maximum absolute atomic E-state index is 6.19. The van der Waals surface area contributed by atoms with E-state index in [1.54, 1.807) is 0 Å². The van der Waals surface area contributed by atoms with Crippen molar-refractivity contribution in [1.29, 1.82) is 0 Å². The Morgan fingerprint density at radius 3 is 2.21 bits per heavy atom. The zero-order valence-corrected chi connectivity index (χ0v) is 13.1. The molecule has 2 N–H and O–H groups in total. The fourth-order valence-corrected chi connectivity index (χ4v) is 4.18. The van der Waals surface area contributed by atoms with Gasteiger partial charge in [0, 0.05) is 25.7 Å². The van der Waals surface area contributed by atoms with E-state index in [4.69, 9.17) is 10.5 Å². The lowest BCUT2D eigenvalue weighted by Gasteiger charge is -2.46. The number of ether oxygens (including phenoxy) is 1. The number of hydrogen-bond acceptors (Lipinski definition) is 3. The van der Waals surface area contributed by atoms with Crippen molar-refractivity contribution in [1.82, 2.24) is 4.90 Å². The van der Waals surface area contributed by atoms with Gasteiger partial charge in [-0.15, -0.1) is 0 Å². The summed E-state index contributed by atoms with van der Waals surface area (Å²) in [6.45, 7) is 8.02. The number of nitrogens with two attached hydrogens (primary N) is 1. The molecule has 0 atom stereocenters. The van der Waals surface area contributed by atoms with Crippen LogP contribution in [0.2, 0.25) is 0 Å². The van der Waals surface area contributed by atoms with E-state index in [0.717, 1.165) is 6.54 Å². The van der Waals surface area contributed by atoms with E-state index in [1.807, 2.05) is 7.11 Å². The van der Waals surface area contributed by atoms with E-state index in [0.29, 0.717) is 11.5 Å². The molecule has 2 rings (SSSR count). The SMILES string of the molecule is CCC1(CC)CCN(C2(CN)CCC(OC)CC2)C1. The van der Waals surface area contributed by atoms with Gasteiger partial charge in [-0.25, -0.2) is 0 Å². The van der Waals surface area contributed by atoms with Crippen LogP contribution in [0.5, 0.6) is 0 Å². The minimum absolute atomic E-state index is 0.265. The van der Waals surface area contributed by atoms with Crippen LogP contribution >= 0.6 is 0 Å². The van der Waals surface area contributed by atoms with Crippen LogP contribution in [0.25, 0.3) is 0 Å². The third-order valence-electron chi connectivity index (χ3n) is 6.19. The highest BCUT2D eigenvalue weighted by atomic mass is 16.5. The van der Waals surface area contributed by atoms with Gasteiger partial charge in [0.25, 0.3) is 0 Å². The lowest BCUT2D eigenvalue weighted by Crippen LogP contribution is -2.56. The molecule has 1 aliphatic heterocycles.